The zero-order valence-corrected chi connectivity index (χ0v) is 10.3. The average Bonchev–Trinajstić information content (AvgIpc) is 2.87. The monoisotopic (exact) mass is 235 g/mol. The Hall–Kier alpha value is -1.78. The number of hydrogen-bond acceptors (Lipinski definition) is 5. The lowest BCUT2D eigenvalue weighted by Crippen LogP contribution is -2.15. The summed E-state index contributed by atoms with van der Waals surface area (Å²) >= 11 is 0. The molecule has 0 saturated heterocycles. The minimum atomic E-state index is -0.425. The van der Waals surface area contributed by atoms with Crippen LogP contribution < -0.4 is 11.1 Å². The van der Waals surface area contributed by atoms with Crippen LogP contribution in [0.3, 0.4) is 0 Å². The van der Waals surface area contributed by atoms with E-state index in [1.165, 1.54) is 13.3 Å². The molecule has 1 saturated carbocycles. The van der Waals surface area contributed by atoms with Gasteiger partial charge >= 0.3 is 5.97 Å². The van der Waals surface area contributed by atoms with Gasteiger partial charge in [-0.15, -0.1) is 0 Å². The maximum atomic E-state index is 11.6. The van der Waals surface area contributed by atoms with E-state index in [0.717, 1.165) is 6.42 Å². The van der Waals surface area contributed by atoms with Gasteiger partial charge in [0.05, 0.1) is 19.0 Å². The predicted octanol–water partition coefficient (Wildman–Crippen LogP) is 1.66. The lowest BCUT2D eigenvalue weighted by Gasteiger charge is -2.11. The van der Waals surface area contributed by atoms with Crippen LogP contribution in [0, 0.1) is 5.41 Å². The molecule has 0 radical (unpaired) electrons. The van der Waals surface area contributed by atoms with E-state index in [1.54, 1.807) is 6.07 Å². The Kier molecular flexibility index (Phi) is 2.69. The third kappa shape index (κ3) is 2.33. The number of anilines is 2. The molecule has 1 unspecified atom stereocenters. The zero-order valence-electron chi connectivity index (χ0n) is 10.3. The number of carbonyl (C=O) groups is 1. The van der Waals surface area contributed by atoms with Crippen molar-refractivity contribution in [3.05, 3.63) is 17.8 Å². The molecule has 5 heteroatoms. The van der Waals surface area contributed by atoms with Crippen molar-refractivity contribution in [3.8, 4) is 0 Å². The van der Waals surface area contributed by atoms with Crippen LogP contribution in [0.4, 0.5) is 11.5 Å². The Morgan fingerprint density at radius 3 is 2.82 bits per heavy atom. The Balaban J connectivity index is 2.24. The molecular weight excluding hydrogens is 218 g/mol. The fourth-order valence-electron chi connectivity index (χ4n) is 1.74. The van der Waals surface area contributed by atoms with Crippen LogP contribution in [-0.4, -0.2) is 24.1 Å². The minimum Gasteiger partial charge on any atom is -0.465 e. The summed E-state index contributed by atoms with van der Waals surface area (Å²) < 4.78 is 4.71. The number of nitrogen functional groups attached to an aromatic ring is 1. The molecular formula is C12H17N3O2. The van der Waals surface area contributed by atoms with Crippen molar-refractivity contribution in [2.24, 2.45) is 5.41 Å². The van der Waals surface area contributed by atoms with E-state index < -0.39 is 5.97 Å². The fraction of sp³-hybridized carbons (Fsp3) is 0.500. The van der Waals surface area contributed by atoms with Crippen molar-refractivity contribution < 1.29 is 9.53 Å². The van der Waals surface area contributed by atoms with Gasteiger partial charge in [0.25, 0.3) is 0 Å². The van der Waals surface area contributed by atoms with Crippen molar-refractivity contribution in [3.63, 3.8) is 0 Å². The van der Waals surface area contributed by atoms with Crippen LogP contribution in [0.1, 0.15) is 30.6 Å². The van der Waals surface area contributed by atoms with E-state index in [0.29, 0.717) is 23.1 Å². The second-order valence-corrected chi connectivity index (χ2v) is 5.05. The zero-order chi connectivity index (χ0) is 12.6. The summed E-state index contributed by atoms with van der Waals surface area (Å²) in [5.74, 6) is 0.118. The second kappa shape index (κ2) is 3.91. The smallest absolute Gasteiger partial charge is 0.341 e. The highest BCUT2D eigenvalue weighted by Crippen LogP contribution is 2.46. The third-order valence-electron chi connectivity index (χ3n) is 3.14. The molecule has 17 heavy (non-hydrogen) atoms. The summed E-state index contributed by atoms with van der Waals surface area (Å²) in [5, 5.41) is 3.25. The summed E-state index contributed by atoms with van der Waals surface area (Å²) in [6, 6.07) is 1.93. The van der Waals surface area contributed by atoms with Crippen LogP contribution in [0.2, 0.25) is 0 Å². The van der Waals surface area contributed by atoms with Crippen molar-refractivity contribution >= 4 is 17.5 Å². The van der Waals surface area contributed by atoms with Crippen molar-refractivity contribution in [1.29, 1.82) is 0 Å². The molecule has 0 aliphatic heterocycles. The number of methoxy groups -OCH3 is 1. The highest BCUT2D eigenvalue weighted by atomic mass is 16.5. The molecule has 0 aromatic carbocycles. The number of carbonyl (C=O) groups excluding carboxylic acids is 1. The first-order valence-corrected chi connectivity index (χ1v) is 5.54. The van der Waals surface area contributed by atoms with Gasteiger partial charge in [-0.2, -0.15) is 0 Å². The molecule has 0 spiro atoms. The highest BCUT2D eigenvalue weighted by molar-refractivity contribution is 5.95. The molecule has 5 nitrogen and oxygen atoms in total. The summed E-state index contributed by atoms with van der Waals surface area (Å²) in [5.41, 5.74) is 6.72. The number of nitrogens with two attached hydrogens (primary N) is 1. The molecule has 1 aliphatic carbocycles. The van der Waals surface area contributed by atoms with Crippen molar-refractivity contribution in [1.82, 2.24) is 4.98 Å². The predicted molar refractivity (Wildman–Crippen MR) is 65.8 cm³/mol. The molecule has 92 valence electrons. The average molecular weight is 235 g/mol. The van der Waals surface area contributed by atoms with Gasteiger partial charge < -0.3 is 15.8 Å². The minimum absolute atomic E-state index is 0.260. The molecule has 1 aliphatic rings. The summed E-state index contributed by atoms with van der Waals surface area (Å²) in [4.78, 5) is 15.7. The third-order valence-corrected chi connectivity index (χ3v) is 3.14. The summed E-state index contributed by atoms with van der Waals surface area (Å²) in [6.07, 6.45) is 2.60. The molecule has 2 rings (SSSR count). The first kappa shape index (κ1) is 11.7. The second-order valence-electron chi connectivity index (χ2n) is 5.05. The van der Waals surface area contributed by atoms with Gasteiger partial charge in [0.1, 0.15) is 11.4 Å². The Morgan fingerprint density at radius 1 is 1.65 bits per heavy atom. The summed E-state index contributed by atoms with van der Waals surface area (Å²) in [7, 11) is 1.34. The highest BCUT2D eigenvalue weighted by Gasteiger charge is 2.46. The van der Waals surface area contributed by atoms with Crippen LogP contribution in [-0.2, 0) is 4.74 Å². The van der Waals surface area contributed by atoms with Crippen LogP contribution in [0.25, 0.3) is 0 Å². The number of hydrogen-bond donors (Lipinski definition) is 2. The van der Waals surface area contributed by atoms with Gasteiger partial charge in [0.15, 0.2) is 0 Å². The van der Waals surface area contributed by atoms with E-state index >= 15 is 0 Å². The van der Waals surface area contributed by atoms with Crippen molar-refractivity contribution in [2.45, 2.75) is 26.3 Å². The summed E-state index contributed by atoms with van der Waals surface area (Å²) in [6.45, 7) is 4.33. The number of nitrogens with zero attached hydrogens (tertiary/aromatic N) is 1. The van der Waals surface area contributed by atoms with Crippen LogP contribution in [0.5, 0.6) is 0 Å². The molecule has 0 bridgehead atoms. The van der Waals surface area contributed by atoms with Crippen LogP contribution in [0.15, 0.2) is 12.3 Å². The molecule has 1 atom stereocenters. The normalized spacial score (nSPS) is 20.8. The van der Waals surface area contributed by atoms with E-state index in [1.807, 2.05) is 0 Å². The lowest BCUT2D eigenvalue weighted by atomic mass is 10.2. The number of aromatic nitrogens is 1. The van der Waals surface area contributed by atoms with Gasteiger partial charge in [-0.3, -0.25) is 0 Å². The van der Waals surface area contributed by atoms with Crippen LogP contribution >= 0.6 is 0 Å². The largest absolute Gasteiger partial charge is 0.465 e. The van der Waals surface area contributed by atoms with E-state index in [9.17, 15) is 4.79 Å². The topological polar surface area (TPSA) is 77.2 Å². The quantitative estimate of drug-likeness (QED) is 0.779. The number of ether oxygens (including phenoxy) is 1. The Labute approximate surface area is 100 Å². The lowest BCUT2D eigenvalue weighted by molar-refractivity contribution is 0.0601. The molecule has 1 aromatic heterocycles. The Bertz CT molecular complexity index is 457. The standard InChI is InChI=1S/C12H17N3O2/c1-12(2)5-9(12)15-10-8(11(16)17-3)4-7(13)6-14-10/h4,6,9H,5,13H2,1-3H3,(H,14,15). The molecule has 1 fully saturated rings. The first-order valence-electron chi connectivity index (χ1n) is 5.54. The maximum absolute atomic E-state index is 11.6. The van der Waals surface area contributed by atoms with E-state index in [2.05, 4.69) is 24.1 Å². The number of rotatable bonds is 3. The Morgan fingerprint density at radius 2 is 2.29 bits per heavy atom. The molecule has 1 heterocycles. The van der Waals surface area contributed by atoms with Gasteiger partial charge in [0.2, 0.25) is 0 Å². The number of nitrogens with one attached hydrogen (secondary N) is 1. The van der Waals surface area contributed by atoms with E-state index in [-0.39, 0.29) is 5.41 Å². The first-order chi connectivity index (χ1) is 7.94. The molecule has 0 amide bonds. The molecule has 1 aromatic rings. The molecule has 3 N–H and O–H groups in total. The van der Waals surface area contributed by atoms with Gasteiger partial charge in [0, 0.05) is 6.04 Å². The van der Waals surface area contributed by atoms with Gasteiger partial charge in [-0.25, -0.2) is 9.78 Å². The maximum Gasteiger partial charge on any atom is 0.341 e. The van der Waals surface area contributed by atoms with Crippen molar-refractivity contribution in [2.75, 3.05) is 18.2 Å². The van der Waals surface area contributed by atoms with E-state index in [4.69, 9.17) is 10.5 Å². The number of esters is 1. The van der Waals surface area contributed by atoms with Gasteiger partial charge in [-0.05, 0) is 17.9 Å². The SMILES string of the molecule is COC(=O)c1cc(N)cnc1NC1CC1(C)C. The number of pyridine rings is 1. The van der Waals surface area contributed by atoms with Gasteiger partial charge in [-0.1, -0.05) is 13.8 Å². The fourth-order valence-corrected chi connectivity index (χ4v) is 1.74.